The third kappa shape index (κ3) is 4.17. The van der Waals surface area contributed by atoms with E-state index in [4.69, 9.17) is 5.10 Å². The summed E-state index contributed by atoms with van der Waals surface area (Å²) in [4.78, 5) is 15.6. The Bertz CT molecular complexity index is 1160. The van der Waals surface area contributed by atoms with Crippen molar-refractivity contribution >= 4 is 23.2 Å². The zero-order valence-corrected chi connectivity index (χ0v) is 16.9. The van der Waals surface area contributed by atoms with Crippen LogP contribution >= 0.6 is 11.8 Å². The van der Waals surface area contributed by atoms with Crippen molar-refractivity contribution in [3.63, 3.8) is 0 Å². The molecule has 0 unspecified atom stereocenters. The molecule has 0 aliphatic rings. The third-order valence-corrected chi connectivity index (χ3v) is 5.43. The number of carbonyl (C=O) groups is 1. The normalized spacial score (nSPS) is 11.1. The van der Waals surface area contributed by atoms with E-state index in [2.05, 4.69) is 29.6 Å². The molecule has 5 nitrogen and oxygen atoms in total. The summed E-state index contributed by atoms with van der Waals surface area (Å²) in [5.41, 5.74) is 6.00. The number of aryl methyl sites for hydroxylation is 1. The lowest BCUT2D eigenvalue weighted by atomic mass is 10.0. The minimum absolute atomic E-state index is 0.0552. The van der Waals surface area contributed by atoms with Gasteiger partial charge in [0.05, 0.1) is 11.2 Å². The van der Waals surface area contributed by atoms with Gasteiger partial charge in [-0.2, -0.15) is 16.9 Å². The van der Waals surface area contributed by atoms with Crippen molar-refractivity contribution in [2.75, 3.05) is 12.0 Å². The molecule has 0 amide bonds. The summed E-state index contributed by atoms with van der Waals surface area (Å²) in [7, 11) is 0. The molecule has 3 heterocycles. The first-order valence-electron chi connectivity index (χ1n) is 9.39. The standard InChI is InChI=1S/C23H21N3O2S/c1-29-13-12-16-10-11-21-19(14-18-8-5-9-20(24-18)23(27)28)22(25-26(21)15-16)17-6-3-2-4-7-17/h2-11,15H,12-14H2,1H3,(H,27,28). The third-order valence-electron chi connectivity index (χ3n) is 4.82. The van der Waals surface area contributed by atoms with E-state index in [-0.39, 0.29) is 5.69 Å². The Hall–Kier alpha value is -3.12. The summed E-state index contributed by atoms with van der Waals surface area (Å²) in [5.74, 6) is 0.0466. The van der Waals surface area contributed by atoms with Crippen molar-refractivity contribution < 1.29 is 9.90 Å². The Kier molecular flexibility index (Phi) is 5.62. The summed E-state index contributed by atoms with van der Waals surface area (Å²) in [5, 5.41) is 14.1. The van der Waals surface area contributed by atoms with Crippen LogP contribution < -0.4 is 0 Å². The minimum Gasteiger partial charge on any atom is -0.477 e. The molecule has 0 atom stereocenters. The van der Waals surface area contributed by atoms with Crippen molar-refractivity contribution in [2.45, 2.75) is 12.8 Å². The second-order valence-electron chi connectivity index (χ2n) is 6.80. The number of thioether (sulfide) groups is 1. The van der Waals surface area contributed by atoms with E-state index in [0.29, 0.717) is 12.1 Å². The van der Waals surface area contributed by atoms with Crippen LogP contribution in [0.4, 0.5) is 0 Å². The van der Waals surface area contributed by atoms with Gasteiger partial charge in [0.25, 0.3) is 0 Å². The number of fused-ring (bicyclic) bond motifs is 1. The maximum Gasteiger partial charge on any atom is 0.354 e. The van der Waals surface area contributed by atoms with Crippen LogP contribution in [0.5, 0.6) is 0 Å². The quantitative estimate of drug-likeness (QED) is 0.489. The van der Waals surface area contributed by atoms with Gasteiger partial charge in [-0.25, -0.2) is 14.3 Å². The topological polar surface area (TPSA) is 67.5 Å². The van der Waals surface area contributed by atoms with E-state index in [1.807, 2.05) is 52.7 Å². The Morgan fingerprint density at radius 2 is 1.90 bits per heavy atom. The Labute approximate surface area is 173 Å². The first-order valence-corrected chi connectivity index (χ1v) is 10.8. The predicted octanol–water partition coefficient (Wildman–Crippen LogP) is 4.59. The van der Waals surface area contributed by atoms with Crippen LogP contribution in [0.25, 0.3) is 16.8 Å². The van der Waals surface area contributed by atoms with Crippen LogP contribution in [0.15, 0.2) is 66.9 Å². The molecule has 6 heteroatoms. The molecule has 0 radical (unpaired) electrons. The fourth-order valence-corrected chi connectivity index (χ4v) is 3.83. The number of nitrogens with zero attached hydrogens (tertiary/aromatic N) is 3. The molecule has 1 N–H and O–H groups in total. The van der Waals surface area contributed by atoms with E-state index in [1.54, 1.807) is 6.07 Å². The lowest BCUT2D eigenvalue weighted by Crippen LogP contribution is -2.03. The number of hydrogen-bond acceptors (Lipinski definition) is 4. The van der Waals surface area contributed by atoms with E-state index in [0.717, 1.165) is 34.5 Å². The highest BCUT2D eigenvalue weighted by molar-refractivity contribution is 7.98. The highest BCUT2D eigenvalue weighted by Gasteiger charge is 2.16. The number of carboxylic acid groups (broad SMARTS) is 1. The molecule has 3 aromatic heterocycles. The largest absolute Gasteiger partial charge is 0.477 e. The van der Waals surface area contributed by atoms with Gasteiger partial charge in [-0.3, -0.25) is 0 Å². The van der Waals surface area contributed by atoms with Gasteiger partial charge in [0, 0.05) is 29.4 Å². The summed E-state index contributed by atoms with van der Waals surface area (Å²) >= 11 is 1.83. The molecule has 0 bridgehead atoms. The van der Waals surface area contributed by atoms with E-state index in [1.165, 1.54) is 11.6 Å². The van der Waals surface area contributed by atoms with Crippen LogP contribution in [0.3, 0.4) is 0 Å². The van der Waals surface area contributed by atoms with E-state index in [9.17, 15) is 9.90 Å². The molecule has 4 aromatic rings. The molecule has 0 fully saturated rings. The molecule has 0 aliphatic carbocycles. The second-order valence-corrected chi connectivity index (χ2v) is 7.78. The molecular formula is C23H21N3O2S. The Morgan fingerprint density at radius 1 is 1.07 bits per heavy atom. The van der Waals surface area contributed by atoms with Crippen LogP contribution in [0, 0.1) is 0 Å². The van der Waals surface area contributed by atoms with Crippen LogP contribution in [0.1, 0.15) is 27.3 Å². The zero-order chi connectivity index (χ0) is 20.2. The molecule has 1 aromatic carbocycles. The van der Waals surface area contributed by atoms with E-state index >= 15 is 0 Å². The highest BCUT2D eigenvalue weighted by atomic mass is 32.2. The van der Waals surface area contributed by atoms with Crippen LogP contribution in [-0.4, -0.2) is 37.7 Å². The summed E-state index contributed by atoms with van der Waals surface area (Å²) < 4.78 is 1.94. The maximum atomic E-state index is 11.3. The number of carboxylic acids is 1. The average molecular weight is 404 g/mol. The second kappa shape index (κ2) is 8.49. The smallest absolute Gasteiger partial charge is 0.354 e. The molecule has 0 aliphatic heterocycles. The minimum atomic E-state index is -1.02. The Balaban J connectivity index is 1.81. The number of aromatic nitrogens is 3. The van der Waals surface area contributed by atoms with Gasteiger partial charge in [-0.15, -0.1) is 0 Å². The van der Waals surface area contributed by atoms with Crippen LogP contribution in [-0.2, 0) is 12.8 Å². The summed E-state index contributed by atoms with van der Waals surface area (Å²) in [6, 6.07) is 19.4. The first-order chi connectivity index (χ1) is 14.2. The molecule has 4 rings (SSSR count). The fraction of sp³-hybridized carbons (Fsp3) is 0.174. The molecule has 0 saturated heterocycles. The van der Waals surface area contributed by atoms with Gasteiger partial charge in [-0.1, -0.05) is 42.5 Å². The van der Waals surface area contributed by atoms with Crippen molar-refractivity contribution in [2.24, 2.45) is 0 Å². The van der Waals surface area contributed by atoms with Gasteiger partial charge in [0.15, 0.2) is 0 Å². The van der Waals surface area contributed by atoms with Gasteiger partial charge < -0.3 is 5.11 Å². The zero-order valence-electron chi connectivity index (χ0n) is 16.1. The van der Waals surface area contributed by atoms with Crippen molar-refractivity contribution in [3.8, 4) is 11.3 Å². The van der Waals surface area contributed by atoms with Gasteiger partial charge in [0.1, 0.15) is 5.69 Å². The number of benzene rings is 1. The summed E-state index contributed by atoms with van der Waals surface area (Å²) in [6.07, 6.45) is 5.70. The predicted molar refractivity (Wildman–Crippen MR) is 117 cm³/mol. The van der Waals surface area contributed by atoms with Crippen molar-refractivity contribution in [1.82, 2.24) is 14.6 Å². The van der Waals surface area contributed by atoms with Crippen molar-refractivity contribution in [1.29, 1.82) is 0 Å². The monoisotopic (exact) mass is 403 g/mol. The summed E-state index contributed by atoms with van der Waals surface area (Å²) in [6.45, 7) is 0. The van der Waals surface area contributed by atoms with Crippen molar-refractivity contribution in [3.05, 3.63) is 89.4 Å². The molecular weight excluding hydrogens is 382 g/mol. The fourth-order valence-electron chi connectivity index (χ4n) is 3.39. The Morgan fingerprint density at radius 3 is 2.66 bits per heavy atom. The molecule has 0 spiro atoms. The lowest BCUT2D eigenvalue weighted by molar-refractivity contribution is 0.0690. The van der Waals surface area contributed by atoms with Crippen LogP contribution in [0.2, 0.25) is 0 Å². The maximum absolute atomic E-state index is 11.3. The number of hydrogen-bond donors (Lipinski definition) is 1. The van der Waals surface area contributed by atoms with E-state index < -0.39 is 5.97 Å². The molecule has 29 heavy (non-hydrogen) atoms. The number of rotatable bonds is 7. The number of pyridine rings is 2. The average Bonchev–Trinajstić information content (AvgIpc) is 3.10. The van der Waals surface area contributed by atoms with Gasteiger partial charge in [0.2, 0.25) is 0 Å². The SMILES string of the molecule is CSCCc1ccc2c(Cc3cccc(C(=O)O)n3)c(-c3ccccc3)nn2c1. The lowest BCUT2D eigenvalue weighted by Gasteiger charge is -2.05. The highest BCUT2D eigenvalue weighted by Crippen LogP contribution is 2.28. The molecule has 0 saturated carbocycles. The van der Waals surface area contributed by atoms with Gasteiger partial charge in [-0.05, 0) is 42.2 Å². The first kappa shape index (κ1) is 19.2. The van der Waals surface area contributed by atoms with Gasteiger partial charge >= 0.3 is 5.97 Å². The number of aromatic carboxylic acids is 1. The molecule has 146 valence electrons.